The van der Waals surface area contributed by atoms with Gasteiger partial charge in [0.05, 0.1) is 6.21 Å². The van der Waals surface area contributed by atoms with Crippen LogP contribution in [0.4, 0.5) is 5.69 Å². The normalized spacial score (nSPS) is 10.4. The molecule has 0 fully saturated rings. The largest absolute Gasteiger partial charge is 0.399 e. The number of oxime groups is 1. The minimum atomic E-state index is 1.03. The summed E-state index contributed by atoms with van der Waals surface area (Å²) in [5, 5.41) is 3.68. The topological polar surface area (TPSA) is 24.8 Å². The van der Waals surface area contributed by atoms with E-state index in [9.17, 15) is 0 Å². The maximum Gasteiger partial charge on any atom is 0.106 e. The standard InChI is InChI=1S/C10H14N2O/c1-12(2)10-6-4-9(5-7-10)8-11-13-3/h4-8H,1-3H3. The van der Waals surface area contributed by atoms with E-state index in [1.807, 2.05) is 38.4 Å². The van der Waals surface area contributed by atoms with Gasteiger partial charge in [0.2, 0.25) is 0 Å². The number of nitrogens with zero attached hydrogens (tertiary/aromatic N) is 2. The van der Waals surface area contributed by atoms with E-state index >= 15 is 0 Å². The SMILES string of the molecule is CON=Cc1ccc(N(C)C)cc1. The Balaban J connectivity index is 2.75. The van der Waals surface area contributed by atoms with Crippen molar-refractivity contribution >= 4 is 11.9 Å². The van der Waals surface area contributed by atoms with E-state index in [-0.39, 0.29) is 0 Å². The van der Waals surface area contributed by atoms with E-state index < -0.39 is 0 Å². The Morgan fingerprint density at radius 2 is 1.85 bits per heavy atom. The highest BCUT2D eigenvalue weighted by atomic mass is 16.6. The molecular weight excluding hydrogens is 164 g/mol. The summed E-state index contributed by atoms with van der Waals surface area (Å²) in [6.07, 6.45) is 1.68. The van der Waals surface area contributed by atoms with Gasteiger partial charge in [-0.05, 0) is 17.7 Å². The molecule has 0 atom stereocenters. The second kappa shape index (κ2) is 4.50. The lowest BCUT2D eigenvalue weighted by Gasteiger charge is -2.11. The molecule has 1 rings (SSSR count). The Kier molecular flexibility index (Phi) is 3.31. The minimum absolute atomic E-state index is 1.03. The molecule has 3 heteroatoms. The first-order chi connectivity index (χ1) is 6.24. The third kappa shape index (κ3) is 2.78. The molecule has 0 N–H and O–H groups in total. The lowest BCUT2D eigenvalue weighted by Crippen LogP contribution is -2.08. The van der Waals surface area contributed by atoms with Crippen LogP contribution in [-0.4, -0.2) is 27.4 Å². The molecule has 13 heavy (non-hydrogen) atoms. The first-order valence-electron chi connectivity index (χ1n) is 4.08. The van der Waals surface area contributed by atoms with Crippen molar-refractivity contribution in [3.8, 4) is 0 Å². The maximum atomic E-state index is 4.58. The Morgan fingerprint density at radius 1 is 1.23 bits per heavy atom. The van der Waals surface area contributed by atoms with Crippen molar-refractivity contribution in [3.63, 3.8) is 0 Å². The molecule has 0 heterocycles. The Labute approximate surface area is 78.6 Å². The highest BCUT2D eigenvalue weighted by Crippen LogP contribution is 2.10. The third-order valence-electron chi connectivity index (χ3n) is 1.72. The molecular formula is C10H14N2O. The molecule has 0 amide bonds. The molecule has 0 saturated heterocycles. The van der Waals surface area contributed by atoms with E-state index in [1.54, 1.807) is 6.21 Å². The zero-order chi connectivity index (χ0) is 9.68. The monoisotopic (exact) mass is 178 g/mol. The molecule has 0 saturated carbocycles. The summed E-state index contributed by atoms with van der Waals surface area (Å²) in [6.45, 7) is 0. The Hall–Kier alpha value is -1.51. The van der Waals surface area contributed by atoms with Gasteiger partial charge in [-0.2, -0.15) is 0 Å². The van der Waals surface area contributed by atoms with Crippen LogP contribution in [0, 0.1) is 0 Å². The molecule has 0 unspecified atom stereocenters. The molecule has 0 aliphatic heterocycles. The van der Waals surface area contributed by atoms with Crippen molar-refractivity contribution in [2.24, 2.45) is 5.16 Å². The van der Waals surface area contributed by atoms with E-state index in [1.165, 1.54) is 12.8 Å². The van der Waals surface area contributed by atoms with Crippen molar-refractivity contribution in [1.29, 1.82) is 0 Å². The lowest BCUT2D eigenvalue weighted by atomic mass is 10.2. The Bertz CT molecular complexity index is 277. The third-order valence-corrected chi connectivity index (χ3v) is 1.72. The average Bonchev–Trinajstić information content (AvgIpc) is 2.15. The van der Waals surface area contributed by atoms with Gasteiger partial charge >= 0.3 is 0 Å². The van der Waals surface area contributed by atoms with E-state index in [4.69, 9.17) is 0 Å². The molecule has 0 bridgehead atoms. The molecule has 0 radical (unpaired) electrons. The Morgan fingerprint density at radius 3 is 2.31 bits per heavy atom. The van der Waals surface area contributed by atoms with Crippen LogP contribution in [0.1, 0.15) is 5.56 Å². The number of rotatable bonds is 3. The number of hydrogen-bond donors (Lipinski definition) is 0. The van der Waals surface area contributed by atoms with Gasteiger partial charge in [-0.15, -0.1) is 0 Å². The fraction of sp³-hybridized carbons (Fsp3) is 0.300. The van der Waals surface area contributed by atoms with Gasteiger partial charge in [-0.25, -0.2) is 0 Å². The fourth-order valence-corrected chi connectivity index (χ4v) is 0.972. The number of hydrogen-bond acceptors (Lipinski definition) is 3. The van der Waals surface area contributed by atoms with Crippen molar-refractivity contribution in [3.05, 3.63) is 29.8 Å². The van der Waals surface area contributed by atoms with E-state index in [0.717, 1.165) is 5.56 Å². The quantitative estimate of drug-likeness (QED) is 0.520. The molecule has 0 spiro atoms. The van der Waals surface area contributed by atoms with Crippen LogP contribution in [-0.2, 0) is 4.84 Å². The fourth-order valence-electron chi connectivity index (χ4n) is 0.972. The minimum Gasteiger partial charge on any atom is -0.399 e. The highest BCUT2D eigenvalue weighted by molar-refractivity contribution is 5.79. The van der Waals surface area contributed by atoms with Crippen LogP contribution < -0.4 is 4.90 Å². The zero-order valence-corrected chi connectivity index (χ0v) is 8.19. The van der Waals surface area contributed by atoms with Gasteiger partial charge in [0.15, 0.2) is 0 Å². The number of benzene rings is 1. The van der Waals surface area contributed by atoms with E-state index in [0.29, 0.717) is 0 Å². The summed E-state index contributed by atoms with van der Waals surface area (Å²) in [5.41, 5.74) is 2.21. The second-order valence-corrected chi connectivity index (χ2v) is 2.90. The van der Waals surface area contributed by atoms with Gasteiger partial charge < -0.3 is 9.74 Å². The maximum absolute atomic E-state index is 4.58. The van der Waals surface area contributed by atoms with Crippen LogP contribution in [0.2, 0.25) is 0 Å². The lowest BCUT2D eigenvalue weighted by molar-refractivity contribution is 0.215. The molecule has 1 aromatic carbocycles. The highest BCUT2D eigenvalue weighted by Gasteiger charge is 1.93. The molecule has 0 aromatic heterocycles. The molecule has 3 nitrogen and oxygen atoms in total. The summed E-state index contributed by atoms with van der Waals surface area (Å²) < 4.78 is 0. The second-order valence-electron chi connectivity index (χ2n) is 2.90. The van der Waals surface area contributed by atoms with Crippen LogP contribution in [0.3, 0.4) is 0 Å². The van der Waals surface area contributed by atoms with Crippen molar-refractivity contribution < 1.29 is 4.84 Å². The van der Waals surface area contributed by atoms with Gasteiger partial charge in [0.25, 0.3) is 0 Å². The van der Waals surface area contributed by atoms with Crippen molar-refractivity contribution in [1.82, 2.24) is 0 Å². The first-order valence-corrected chi connectivity index (χ1v) is 4.08. The van der Waals surface area contributed by atoms with Gasteiger partial charge in [0, 0.05) is 19.8 Å². The van der Waals surface area contributed by atoms with Crippen molar-refractivity contribution in [2.45, 2.75) is 0 Å². The van der Waals surface area contributed by atoms with Gasteiger partial charge in [-0.1, -0.05) is 17.3 Å². The molecule has 70 valence electrons. The van der Waals surface area contributed by atoms with Crippen LogP contribution in [0.15, 0.2) is 29.4 Å². The zero-order valence-electron chi connectivity index (χ0n) is 8.19. The number of anilines is 1. The first kappa shape index (κ1) is 9.58. The summed E-state index contributed by atoms with van der Waals surface area (Å²) >= 11 is 0. The molecule has 1 aromatic rings. The van der Waals surface area contributed by atoms with Gasteiger partial charge in [0.1, 0.15) is 7.11 Å². The summed E-state index contributed by atoms with van der Waals surface area (Å²) in [6, 6.07) is 8.07. The smallest absolute Gasteiger partial charge is 0.106 e. The summed E-state index contributed by atoms with van der Waals surface area (Å²) in [7, 11) is 5.56. The average molecular weight is 178 g/mol. The summed E-state index contributed by atoms with van der Waals surface area (Å²) in [5.74, 6) is 0. The van der Waals surface area contributed by atoms with Crippen molar-refractivity contribution in [2.75, 3.05) is 26.1 Å². The van der Waals surface area contributed by atoms with E-state index in [2.05, 4.69) is 14.9 Å². The predicted octanol–water partition coefficient (Wildman–Crippen LogP) is 1.73. The predicted molar refractivity (Wildman–Crippen MR) is 55.4 cm³/mol. The van der Waals surface area contributed by atoms with Crippen LogP contribution >= 0.6 is 0 Å². The van der Waals surface area contributed by atoms with Crippen LogP contribution in [0.5, 0.6) is 0 Å². The van der Waals surface area contributed by atoms with Gasteiger partial charge in [-0.3, -0.25) is 0 Å². The van der Waals surface area contributed by atoms with Crippen LogP contribution in [0.25, 0.3) is 0 Å². The summed E-state index contributed by atoms with van der Waals surface area (Å²) in [4.78, 5) is 6.64. The molecule has 0 aliphatic rings. The molecule has 0 aliphatic carbocycles.